The number of hydrogen-bond donors (Lipinski definition) is 3. The summed E-state index contributed by atoms with van der Waals surface area (Å²) in [5.74, 6) is 1.17. The summed E-state index contributed by atoms with van der Waals surface area (Å²) in [5.41, 5.74) is 9.23. The van der Waals surface area contributed by atoms with E-state index in [4.69, 9.17) is 10.5 Å². The summed E-state index contributed by atoms with van der Waals surface area (Å²) in [7, 11) is 1.63. The fraction of sp³-hybridized carbons (Fsp3) is 0.316. The van der Waals surface area contributed by atoms with E-state index >= 15 is 0 Å². The average Bonchev–Trinajstić information content (AvgIpc) is 2.60. The highest BCUT2D eigenvalue weighted by Gasteiger charge is 2.10. The van der Waals surface area contributed by atoms with Crippen LogP contribution in [0.5, 0.6) is 5.75 Å². The first-order chi connectivity index (χ1) is 11.6. The number of aliphatic hydroxyl groups excluding tert-OH is 1. The number of nitrogens with two attached hydrogens (primary N) is 1. The van der Waals surface area contributed by atoms with Gasteiger partial charge < -0.3 is 20.9 Å². The van der Waals surface area contributed by atoms with Crippen molar-refractivity contribution in [3.63, 3.8) is 0 Å². The third kappa shape index (κ3) is 5.28. The molecule has 0 heterocycles. The van der Waals surface area contributed by atoms with Crippen molar-refractivity contribution < 1.29 is 9.84 Å². The van der Waals surface area contributed by atoms with E-state index in [1.165, 1.54) is 11.1 Å². The summed E-state index contributed by atoms with van der Waals surface area (Å²) in [6.07, 6.45) is 0.780. The van der Waals surface area contributed by atoms with Crippen LogP contribution in [0.25, 0.3) is 0 Å². The normalized spacial score (nSPS) is 12.7. The van der Waals surface area contributed by atoms with Gasteiger partial charge >= 0.3 is 0 Å². The second-order valence-electron chi connectivity index (χ2n) is 5.76. The molecule has 0 amide bonds. The van der Waals surface area contributed by atoms with Gasteiger partial charge in [0, 0.05) is 24.8 Å². The number of methoxy groups -OCH3 is 1. The van der Waals surface area contributed by atoms with Crippen LogP contribution in [0.2, 0.25) is 0 Å². The first-order valence-electron chi connectivity index (χ1n) is 7.98. The summed E-state index contributed by atoms with van der Waals surface area (Å²) in [4.78, 5) is 4.35. The topological polar surface area (TPSA) is 79.9 Å². The van der Waals surface area contributed by atoms with E-state index in [0.29, 0.717) is 12.5 Å². The minimum absolute atomic E-state index is 0.0438. The Hall–Kier alpha value is -2.53. The number of hydrogen-bond acceptors (Lipinski definition) is 3. The molecule has 1 unspecified atom stereocenters. The molecule has 2 aromatic rings. The maximum absolute atomic E-state index is 9.59. The van der Waals surface area contributed by atoms with Crippen LogP contribution in [0.15, 0.2) is 53.5 Å². The minimum Gasteiger partial charge on any atom is -0.497 e. The van der Waals surface area contributed by atoms with Gasteiger partial charge in [0.05, 0.1) is 7.11 Å². The molecule has 24 heavy (non-hydrogen) atoms. The molecule has 1 atom stereocenters. The van der Waals surface area contributed by atoms with E-state index in [1.807, 2.05) is 36.4 Å². The number of nitrogens with zero attached hydrogens (tertiary/aromatic N) is 1. The van der Waals surface area contributed by atoms with Crippen LogP contribution in [-0.4, -0.2) is 31.3 Å². The molecule has 5 nitrogen and oxygen atoms in total. The van der Waals surface area contributed by atoms with Crippen LogP contribution in [0.3, 0.4) is 0 Å². The fourth-order valence-corrected chi connectivity index (χ4v) is 2.43. The number of nitrogens with one attached hydrogen (secondary N) is 1. The first kappa shape index (κ1) is 17.8. The smallest absolute Gasteiger partial charge is 0.193 e. The molecule has 0 bridgehead atoms. The molecule has 0 aliphatic rings. The van der Waals surface area contributed by atoms with Crippen LogP contribution >= 0.6 is 0 Å². The Balaban J connectivity index is 1.92. The highest BCUT2D eigenvalue weighted by molar-refractivity contribution is 5.92. The second kappa shape index (κ2) is 8.93. The van der Waals surface area contributed by atoms with Crippen molar-refractivity contribution in [3.05, 3.63) is 59.7 Å². The van der Waals surface area contributed by atoms with Crippen molar-refractivity contribution >= 4 is 11.6 Å². The van der Waals surface area contributed by atoms with Crippen LogP contribution < -0.4 is 15.8 Å². The van der Waals surface area contributed by atoms with Gasteiger partial charge in [0.15, 0.2) is 5.96 Å². The second-order valence-corrected chi connectivity index (χ2v) is 5.76. The molecular weight excluding hydrogens is 302 g/mol. The van der Waals surface area contributed by atoms with E-state index < -0.39 is 0 Å². The van der Waals surface area contributed by atoms with Gasteiger partial charge in [-0.1, -0.05) is 24.3 Å². The summed E-state index contributed by atoms with van der Waals surface area (Å²) in [5, 5.41) is 12.6. The van der Waals surface area contributed by atoms with E-state index in [2.05, 4.69) is 29.4 Å². The summed E-state index contributed by atoms with van der Waals surface area (Å²) >= 11 is 0. The number of guanidine groups is 1. The number of anilines is 1. The Labute approximate surface area is 143 Å². The van der Waals surface area contributed by atoms with Gasteiger partial charge in [-0.3, -0.25) is 4.99 Å². The molecule has 128 valence electrons. The van der Waals surface area contributed by atoms with Gasteiger partial charge in [-0.05, 0) is 48.7 Å². The zero-order chi connectivity index (χ0) is 17.4. The standard InChI is InChI=1S/C19H25N3O2/c1-14-5-3-4-6-16(14)11-15(13-23)12-21-19(20)22-17-7-9-18(24-2)10-8-17/h3-10,15,23H,11-13H2,1-2H3,(H3,20,21,22). The monoisotopic (exact) mass is 327 g/mol. The highest BCUT2D eigenvalue weighted by atomic mass is 16.5. The summed E-state index contributed by atoms with van der Waals surface area (Å²) in [6, 6.07) is 15.6. The van der Waals surface area contributed by atoms with Gasteiger partial charge in [0.25, 0.3) is 0 Å². The molecule has 4 N–H and O–H groups in total. The molecule has 0 spiro atoms. The molecular formula is C19H25N3O2. The number of aliphatic imine (C=N–C) groups is 1. The Morgan fingerprint density at radius 1 is 1.21 bits per heavy atom. The van der Waals surface area contributed by atoms with Gasteiger partial charge in [-0.25, -0.2) is 0 Å². The van der Waals surface area contributed by atoms with E-state index in [-0.39, 0.29) is 12.5 Å². The Bertz CT molecular complexity index is 669. The van der Waals surface area contributed by atoms with Gasteiger partial charge in [0.2, 0.25) is 0 Å². The van der Waals surface area contributed by atoms with Crippen LogP contribution in [-0.2, 0) is 6.42 Å². The zero-order valence-electron chi connectivity index (χ0n) is 14.2. The number of benzene rings is 2. The lowest BCUT2D eigenvalue weighted by Crippen LogP contribution is -2.25. The number of ether oxygens (including phenoxy) is 1. The lowest BCUT2D eigenvalue weighted by molar-refractivity contribution is 0.230. The SMILES string of the molecule is COc1ccc(NC(N)=NCC(CO)Cc2ccccc2C)cc1. The minimum atomic E-state index is 0.0438. The van der Waals surface area contributed by atoms with Crippen molar-refractivity contribution in [1.82, 2.24) is 0 Å². The van der Waals surface area contributed by atoms with E-state index in [1.54, 1.807) is 7.11 Å². The highest BCUT2D eigenvalue weighted by Crippen LogP contribution is 2.15. The summed E-state index contributed by atoms with van der Waals surface area (Å²) in [6.45, 7) is 2.63. The van der Waals surface area contributed by atoms with Crippen molar-refractivity contribution in [3.8, 4) is 5.75 Å². The fourth-order valence-electron chi connectivity index (χ4n) is 2.43. The van der Waals surface area contributed by atoms with Crippen molar-refractivity contribution in [2.24, 2.45) is 16.6 Å². The van der Waals surface area contributed by atoms with Gasteiger partial charge in [-0.2, -0.15) is 0 Å². The Morgan fingerprint density at radius 2 is 1.92 bits per heavy atom. The maximum atomic E-state index is 9.59. The predicted molar refractivity (Wildman–Crippen MR) is 98.6 cm³/mol. The van der Waals surface area contributed by atoms with Crippen molar-refractivity contribution in [1.29, 1.82) is 0 Å². The van der Waals surface area contributed by atoms with E-state index in [0.717, 1.165) is 17.9 Å². The largest absolute Gasteiger partial charge is 0.497 e. The van der Waals surface area contributed by atoms with Crippen LogP contribution in [0.4, 0.5) is 5.69 Å². The third-order valence-electron chi connectivity index (χ3n) is 3.91. The van der Waals surface area contributed by atoms with Crippen molar-refractivity contribution in [2.75, 3.05) is 25.6 Å². The molecule has 2 aromatic carbocycles. The van der Waals surface area contributed by atoms with Gasteiger partial charge in [0.1, 0.15) is 5.75 Å². The lowest BCUT2D eigenvalue weighted by Gasteiger charge is -2.14. The molecule has 0 aromatic heterocycles. The third-order valence-corrected chi connectivity index (χ3v) is 3.91. The maximum Gasteiger partial charge on any atom is 0.193 e. The Morgan fingerprint density at radius 3 is 2.54 bits per heavy atom. The number of rotatable bonds is 7. The van der Waals surface area contributed by atoms with Crippen molar-refractivity contribution in [2.45, 2.75) is 13.3 Å². The van der Waals surface area contributed by atoms with E-state index in [9.17, 15) is 5.11 Å². The molecule has 0 aliphatic heterocycles. The molecule has 0 saturated heterocycles. The molecule has 0 radical (unpaired) electrons. The molecule has 0 fully saturated rings. The average molecular weight is 327 g/mol. The summed E-state index contributed by atoms with van der Waals surface area (Å²) < 4.78 is 5.12. The Kier molecular flexibility index (Phi) is 6.63. The van der Waals surface area contributed by atoms with Crippen LogP contribution in [0, 0.1) is 12.8 Å². The number of aryl methyl sites for hydroxylation is 1. The van der Waals surface area contributed by atoms with Crippen LogP contribution in [0.1, 0.15) is 11.1 Å². The molecule has 5 heteroatoms. The zero-order valence-corrected chi connectivity index (χ0v) is 14.2. The first-order valence-corrected chi connectivity index (χ1v) is 7.98. The molecule has 0 aliphatic carbocycles. The van der Waals surface area contributed by atoms with Gasteiger partial charge in [-0.15, -0.1) is 0 Å². The number of aliphatic hydroxyl groups is 1. The molecule has 2 rings (SSSR count). The predicted octanol–water partition coefficient (Wildman–Crippen LogP) is 2.58. The molecule has 0 saturated carbocycles. The lowest BCUT2D eigenvalue weighted by atomic mass is 9.97. The quantitative estimate of drug-likeness (QED) is 0.539.